The van der Waals surface area contributed by atoms with Gasteiger partial charge in [-0.15, -0.1) is 0 Å². The molecule has 12 aliphatic carbocycles. The molecule has 0 aromatic heterocycles. The highest BCUT2D eigenvalue weighted by molar-refractivity contribution is 5.78. The molecule has 0 aromatic carbocycles. The molecule has 13 fully saturated rings. The first-order valence-corrected chi connectivity index (χ1v) is 19.6. The van der Waals surface area contributed by atoms with Gasteiger partial charge in [0.05, 0.1) is 10.8 Å². The van der Waals surface area contributed by atoms with Crippen molar-refractivity contribution < 1.29 is 46.8 Å². The van der Waals surface area contributed by atoms with Crippen LogP contribution in [0, 0.1) is 64.1 Å². The van der Waals surface area contributed by atoms with Crippen molar-refractivity contribution in [3.8, 4) is 0 Å². The molecule has 0 radical (unpaired) electrons. The van der Waals surface area contributed by atoms with Gasteiger partial charge >= 0.3 is 23.8 Å². The number of carbonyl (C=O) groups is 3. The highest BCUT2D eigenvalue weighted by Crippen LogP contribution is 2.66. The van der Waals surface area contributed by atoms with Crippen molar-refractivity contribution in [2.24, 2.45) is 64.1 Å². The van der Waals surface area contributed by atoms with Gasteiger partial charge in [-0.1, -0.05) is 0 Å². The van der Waals surface area contributed by atoms with Gasteiger partial charge in [0.2, 0.25) is 0 Å². The minimum Gasteiger partial charge on any atom is -0.462 e. The molecule has 1 spiro atoms. The van der Waals surface area contributed by atoms with Crippen LogP contribution in [0.1, 0.15) is 116 Å². The lowest BCUT2D eigenvalue weighted by Gasteiger charge is -2.62. The van der Waals surface area contributed by atoms with Crippen LogP contribution in [-0.2, 0) is 38.1 Å². The topological polar surface area (TPSA) is 97.4 Å². The van der Waals surface area contributed by atoms with E-state index in [2.05, 4.69) is 0 Å². The van der Waals surface area contributed by atoms with Gasteiger partial charge in [0.1, 0.15) is 31.0 Å². The van der Waals surface area contributed by atoms with Gasteiger partial charge in [0.25, 0.3) is 0 Å². The van der Waals surface area contributed by atoms with Crippen LogP contribution in [0.4, 0.5) is 8.78 Å². The lowest BCUT2D eigenvalue weighted by Crippen LogP contribution is -2.65. The maximum Gasteiger partial charge on any atom is 0.377 e. The number of alkyl halides is 2. The molecule has 13 aliphatic rings. The summed E-state index contributed by atoms with van der Waals surface area (Å²) < 4.78 is 59.8. The molecule has 12 saturated carbocycles. The van der Waals surface area contributed by atoms with Crippen molar-refractivity contribution >= 4 is 17.9 Å². The van der Waals surface area contributed by atoms with Crippen LogP contribution >= 0.6 is 0 Å². The van der Waals surface area contributed by atoms with E-state index in [0.717, 1.165) is 51.4 Å². The van der Waals surface area contributed by atoms with Crippen LogP contribution < -0.4 is 0 Å². The number of ether oxygens (including phenoxy) is 5. The average molecular weight is 687 g/mol. The second-order valence-electron chi connectivity index (χ2n) is 19.4. The second-order valence-corrected chi connectivity index (χ2v) is 19.4. The van der Waals surface area contributed by atoms with Crippen LogP contribution in [0.3, 0.4) is 0 Å². The minimum atomic E-state index is -3.56. The zero-order valence-electron chi connectivity index (χ0n) is 28.8. The summed E-state index contributed by atoms with van der Waals surface area (Å²) in [6.45, 7) is 0.658. The van der Waals surface area contributed by atoms with E-state index < -0.39 is 46.3 Å². The van der Waals surface area contributed by atoms with E-state index in [1.807, 2.05) is 0 Å². The smallest absolute Gasteiger partial charge is 0.377 e. The van der Waals surface area contributed by atoms with Crippen LogP contribution in [-0.4, -0.2) is 60.6 Å². The summed E-state index contributed by atoms with van der Waals surface area (Å²) in [5.41, 5.74) is -1.74. The molecule has 6 atom stereocenters. The Labute approximate surface area is 287 Å². The maximum atomic E-state index is 14.0. The molecule has 0 aromatic rings. The van der Waals surface area contributed by atoms with Crippen molar-refractivity contribution in [1.82, 2.24) is 0 Å². The lowest BCUT2D eigenvalue weighted by molar-refractivity contribution is -0.326. The fourth-order valence-corrected chi connectivity index (χ4v) is 14.9. The molecule has 8 nitrogen and oxygen atoms in total. The fourth-order valence-electron chi connectivity index (χ4n) is 14.9. The number of esters is 3. The number of hydrogen-bond acceptors (Lipinski definition) is 8. The molecule has 49 heavy (non-hydrogen) atoms. The van der Waals surface area contributed by atoms with Crippen LogP contribution in [0.15, 0.2) is 0 Å². The van der Waals surface area contributed by atoms with Crippen LogP contribution in [0.25, 0.3) is 0 Å². The third-order valence-electron chi connectivity index (χ3n) is 15.7. The molecule has 3 unspecified atom stereocenters. The van der Waals surface area contributed by atoms with Crippen molar-refractivity contribution in [2.45, 2.75) is 146 Å². The van der Waals surface area contributed by atoms with Crippen molar-refractivity contribution in [1.29, 1.82) is 0 Å². The van der Waals surface area contributed by atoms with E-state index in [0.29, 0.717) is 61.7 Å². The Morgan fingerprint density at radius 3 is 1.33 bits per heavy atom. The largest absolute Gasteiger partial charge is 0.462 e. The number of halogens is 2. The molecular formula is C39H52F2O8. The average Bonchev–Trinajstić information content (AvgIpc) is 3.38. The summed E-state index contributed by atoms with van der Waals surface area (Å²) in [4.78, 5) is 40.2. The maximum absolute atomic E-state index is 14.0. The first-order chi connectivity index (χ1) is 23.3. The first kappa shape index (κ1) is 31.9. The number of carbonyl (C=O) groups excluding carboxylic acids is 3. The molecule has 1 aliphatic heterocycles. The fraction of sp³-hybridized carbons (Fsp3) is 0.923. The lowest BCUT2D eigenvalue weighted by atomic mass is 9.49. The summed E-state index contributed by atoms with van der Waals surface area (Å²) in [6.07, 6.45) is 14.6. The first-order valence-electron chi connectivity index (χ1n) is 19.6. The zero-order valence-corrected chi connectivity index (χ0v) is 28.8. The standard InChI is InChI=1S/C39H52F2O8/c1-35(40,41)32(42)49-38-16-27-8-28(17-38)39(29(9-27)18-38)47-30(19-45-33(43)36-10-21-2-22(11-36)4-23(3-21)12-36)31(48-39)20-46-34(44)37-13-24-5-25(14-37)7-26(6-24)15-37/h21-31H,2-20H2,1H3/t21?,22?,23?,24?,25?,26?,27?,28-,29?,30-,31-,36?,37?,38?,39?/m0/s1. The molecule has 0 amide bonds. The van der Waals surface area contributed by atoms with Gasteiger partial charge in [-0.2, -0.15) is 8.78 Å². The Morgan fingerprint density at radius 2 is 0.959 bits per heavy atom. The van der Waals surface area contributed by atoms with Crippen LogP contribution in [0.5, 0.6) is 0 Å². The van der Waals surface area contributed by atoms with Crippen molar-refractivity contribution in [2.75, 3.05) is 13.2 Å². The highest BCUT2D eigenvalue weighted by Gasteiger charge is 2.69. The predicted molar refractivity (Wildman–Crippen MR) is 169 cm³/mol. The van der Waals surface area contributed by atoms with Gasteiger partial charge in [0.15, 0.2) is 5.79 Å². The third-order valence-corrected chi connectivity index (χ3v) is 15.7. The van der Waals surface area contributed by atoms with E-state index in [1.165, 1.54) is 38.5 Å². The van der Waals surface area contributed by atoms with Gasteiger partial charge in [0, 0.05) is 18.8 Å². The van der Waals surface area contributed by atoms with Gasteiger partial charge in [-0.3, -0.25) is 9.59 Å². The third kappa shape index (κ3) is 5.01. The Hall–Kier alpha value is -1.81. The summed E-state index contributed by atoms with van der Waals surface area (Å²) in [5, 5.41) is 0. The Balaban J connectivity index is 0.879. The van der Waals surface area contributed by atoms with Crippen molar-refractivity contribution in [3.63, 3.8) is 0 Å². The van der Waals surface area contributed by atoms with E-state index in [-0.39, 0.29) is 42.9 Å². The molecule has 13 rings (SSSR count). The highest BCUT2D eigenvalue weighted by atomic mass is 19.3. The van der Waals surface area contributed by atoms with E-state index in [1.54, 1.807) is 0 Å². The monoisotopic (exact) mass is 686 g/mol. The molecule has 10 heteroatoms. The molecule has 12 bridgehead atoms. The van der Waals surface area contributed by atoms with Crippen LogP contribution in [0.2, 0.25) is 0 Å². The molecule has 0 N–H and O–H groups in total. The SMILES string of the molecule is CC(F)(F)C(=O)OC12CC3CC(C1)C1(O[C@@H](COC(=O)C45CC6CC(CC(C6)C4)C5)[C@H](COC(=O)C45CC6CC(CC(C6)C4)C5)O1)[C@@H](C3)C2. The molecule has 1 heterocycles. The van der Waals surface area contributed by atoms with E-state index >= 15 is 0 Å². The molecular weight excluding hydrogens is 634 g/mol. The molecule has 270 valence electrons. The van der Waals surface area contributed by atoms with Gasteiger partial charge in [-0.25, -0.2) is 4.79 Å². The van der Waals surface area contributed by atoms with Crippen molar-refractivity contribution in [3.05, 3.63) is 0 Å². The Kier molecular flexibility index (Phi) is 6.92. The minimum absolute atomic E-state index is 0.0347. The summed E-state index contributed by atoms with van der Waals surface area (Å²) in [5.74, 6) is -2.67. The predicted octanol–water partition coefficient (Wildman–Crippen LogP) is 6.76. The molecule has 1 saturated heterocycles. The zero-order chi connectivity index (χ0) is 33.6. The van der Waals surface area contributed by atoms with Gasteiger partial charge < -0.3 is 23.7 Å². The number of hydrogen-bond donors (Lipinski definition) is 0. The summed E-state index contributed by atoms with van der Waals surface area (Å²) in [6, 6.07) is 0. The summed E-state index contributed by atoms with van der Waals surface area (Å²) >= 11 is 0. The summed E-state index contributed by atoms with van der Waals surface area (Å²) in [7, 11) is 0. The number of rotatable bonds is 8. The second kappa shape index (κ2) is 10.6. The normalized spacial score (nSPS) is 52.6. The van der Waals surface area contributed by atoms with Gasteiger partial charge in [-0.05, 0) is 151 Å². The Morgan fingerprint density at radius 1 is 0.592 bits per heavy atom. The Bertz CT molecular complexity index is 1260. The quantitative estimate of drug-likeness (QED) is 0.204. The van der Waals surface area contributed by atoms with E-state index in [4.69, 9.17) is 23.7 Å². The van der Waals surface area contributed by atoms with E-state index in [9.17, 15) is 23.2 Å².